The van der Waals surface area contributed by atoms with Crippen molar-refractivity contribution in [3.63, 3.8) is 0 Å². The highest BCUT2D eigenvalue weighted by Crippen LogP contribution is 2.21. The normalized spacial score (nSPS) is 10.9. The minimum absolute atomic E-state index is 0.103. The number of aromatic nitrogens is 2. The van der Waals surface area contributed by atoms with Gasteiger partial charge in [-0.2, -0.15) is 5.10 Å². The average molecular weight is 305 g/mol. The largest absolute Gasteiger partial charge is 0.235 e. The lowest BCUT2D eigenvalue weighted by atomic mass is 10.2. The van der Waals surface area contributed by atoms with Crippen LogP contribution < -0.4 is 0 Å². The van der Waals surface area contributed by atoms with E-state index in [-0.39, 0.29) is 5.69 Å². The van der Waals surface area contributed by atoms with Gasteiger partial charge in [0.1, 0.15) is 5.69 Å². The Labute approximate surface area is 104 Å². The Morgan fingerprint density at radius 1 is 1.18 bits per heavy atom. The van der Waals surface area contributed by atoms with Gasteiger partial charge in [-0.05, 0) is 6.92 Å². The van der Waals surface area contributed by atoms with E-state index in [0.717, 1.165) is 11.6 Å². The molecular weight excluding hydrogens is 297 g/mol. The first-order valence-electron chi connectivity index (χ1n) is 4.79. The van der Waals surface area contributed by atoms with Crippen molar-refractivity contribution in [1.82, 2.24) is 9.78 Å². The Morgan fingerprint density at radius 2 is 1.82 bits per heavy atom. The van der Waals surface area contributed by atoms with E-state index < -0.39 is 17.5 Å². The van der Waals surface area contributed by atoms with Gasteiger partial charge in [-0.15, -0.1) is 0 Å². The SMILES string of the molecule is Cc1c(CBr)cnn1-c1cc(F)c(F)cc1F. The maximum absolute atomic E-state index is 13.5. The second-order valence-electron chi connectivity index (χ2n) is 3.52. The lowest BCUT2D eigenvalue weighted by Gasteiger charge is -2.07. The van der Waals surface area contributed by atoms with Crippen molar-refractivity contribution in [3.05, 3.63) is 47.0 Å². The topological polar surface area (TPSA) is 17.8 Å². The first-order chi connectivity index (χ1) is 8.04. The fourth-order valence-corrected chi connectivity index (χ4v) is 2.04. The highest BCUT2D eigenvalue weighted by atomic mass is 79.9. The number of hydrogen-bond donors (Lipinski definition) is 0. The van der Waals surface area contributed by atoms with Crippen LogP contribution in [0.15, 0.2) is 18.3 Å². The summed E-state index contributed by atoms with van der Waals surface area (Å²) in [7, 11) is 0. The zero-order valence-corrected chi connectivity index (χ0v) is 10.4. The van der Waals surface area contributed by atoms with Gasteiger partial charge in [0.25, 0.3) is 0 Å². The van der Waals surface area contributed by atoms with E-state index >= 15 is 0 Å². The molecule has 2 aromatic rings. The van der Waals surface area contributed by atoms with E-state index in [2.05, 4.69) is 21.0 Å². The second kappa shape index (κ2) is 4.52. The molecule has 0 fully saturated rings. The Bertz CT molecular complexity index is 566. The maximum atomic E-state index is 13.5. The summed E-state index contributed by atoms with van der Waals surface area (Å²) in [5.41, 5.74) is 1.43. The third-order valence-corrected chi connectivity index (χ3v) is 3.08. The van der Waals surface area contributed by atoms with E-state index in [1.165, 1.54) is 4.68 Å². The van der Waals surface area contributed by atoms with E-state index in [1.807, 2.05) is 0 Å². The Hall–Kier alpha value is -1.30. The summed E-state index contributed by atoms with van der Waals surface area (Å²) in [6.07, 6.45) is 1.55. The fourth-order valence-electron chi connectivity index (χ4n) is 1.49. The molecule has 0 radical (unpaired) electrons. The number of halogens is 4. The van der Waals surface area contributed by atoms with Crippen LogP contribution in [0.4, 0.5) is 13.2 Å². The van der Waals surface area contributed by atoms with Gasteiger partial charge < -0.3 is 0 Å². The van der Waals surface area contributed by atoms with Crippen LogP contribution in [-0.4, -0.2) is 9.78 Å². The molecular formula is C11H8BrF3N2. The molecule has 2 nitrogen and oxygen atoms in total. The molecule has 0 saturated heterocycles. The molecule has 17 heavy (non-hydrogen) atoms. The highest BCUT2D eigenvalue weighted by Gasteiger charge is 2.14. The first kappa shape index (κ1) is 12.2. The van der Waals surface area contributed by atoms with Gasteiger partial charge in [-0.1, -0.05) is 15.9 Å². The lowest BCUT2D eigenvalue weighted by molar-refractivity contribution is 0.491. The molecule has 90 valence electrons. The minimum Gasteiger partial charge on any atom is -0.235 e. The summed E-state index contributed by atoms with van der Waals surface area (Å²) >= 11 is 3.26. The van der Waals surface area contributed by atoms with Gasteiger partial charge in [0.2, 0.25) is 0 Å². The molecule has 0 aliphatic rings. The molecule has 0 saturated carbocycles. The van der Waals surface area contributed by atoms with Gasteiger partial charge in [0.05, 0.1) is 6.20 Å². The third-order valence-electron chi connectivity index (χ3n) is 2.47. The van der Waals surface area contributed by atoms with Crippen LogP contribution in [0, 0.1) is 24.4 Å². The van der Waals surface area contributed by atoms with Gasteiger partial charge in [-0.25, -0.2) is 17.9 Å². The summed E-state index contributed by atoms with van der Waals surface area (Å²) in [6, 6.07) is 1.31. The van der Waals surface area contributed by atoms with E-state index in [9.17, 15) is 13.2 Å². The van der Waals surface area contributed by atoms with Crippen molar-refractivity contribution in [3.8, 4) is 5.69 Å². The molecule has 0 aliphatic heterocycles. The summed E-state index contributed by atoms with van der Waals surface area (Å²) in [5.74, 6) is -3.16. The fraction of sp³-hybridized carbons (Fsp3) is 0.182. The molecule has 0 atom stereocenters. The third kappa shape index (κ3) is 2.09. The Kier molecular flexibility index (Phi) is 3.24. The number of nitrogens with zero attached hydrogens (tertiary/aromatic N) is 2. The minimum atomic E-state index is -1.21. The molecule has 1 heterocycles. The maximum Gasteiger partial charge on any atom is 0.161 e. The quantitative estimate of drug-likeness (QED) is 0.613. The predicted molar refractivity (Wildman–Crippen MR) is 60.8 cm³/mol. The first-order valence-corrected chi connectivity index (χ1v) is 5.91. The lowest BCUT2D eigenvalue weighted by Crippen LogP contribution is -2.04. The van der Waals surface area contributed by atoms with Crippen LogP contribution in [0.2, 0.25) is 0 Å². The molecule has 1 aromatic carbocycles. The molecule has 0 amide bonds. The average Bonchev–Trinajstić information content (AvgIpc) is 2.65. The molecule has 0 N–H and O–H groups in total. The van der Waals surface area contributed by atoms with Gasteiger partial charge >= 0.3 is 0 Å². The van der Waals surface area contributed by atoms with Gasteiger partial charge in [0, 0.05) is 28.7 Å². The highest BCUT2D eigenvalue weighted by molar-refractivity contribution is 9.08. The van der Waals surface area contributed by atoms with Crippen LogP contribution in [0.3, 0.4) is 0 Å². The second-order valence-corrected chi connectivity index (χ2v) is 4.08. The van der Waals surface area contributed by atoms with Crippen LogP contribution in [0.1, 0.15) is 11.3 Å². The molecule has 0 unspecified atom stereocenters. The van der Waals surface area contributed by atoms with Crippen molar-refractivity contribution in [2.45, 2.75) is 12.3 Å². The molecule has 6 heteroatoms. The number of hydrogen-bond acceptors (Lipinski definition) is 1. The Morgan fingerprint density at radius 3 is 2.41 bits per heavy atom. The van der Waals surface area contributed by atoms with Crippen LogP contribution in [0.25, 0.3) is 5.69 Å². The summed E-state index contributed by atoms with van der Waals surface area (Å²) < 4.78 is 40.6. The standard InChI is InChI=1S/C11H8BrF3N2/c1-6-7(4-12)5-16-17(6)11-3-9(14)8(13)2-10(11)15/h2-3,5H,4H2,1H3. The molecule has 0 bridgehead atoms. The van der Waals surface area contributed by atoms with E-state index in [1.54, 1.807) is 13.1 Å². The van der Waals surface area contributed by atoms with Crippen LogP contribution in [0.5, 0.6) is 0 Å². The molecule has 1 aromatic heterocycles. The summed E-state index contributed by atoms with van der Waals surface area (Å²) in [6.45, 7) is 1.73. The summed E-state index contributed by atoms with van der Waals surface area (Å²) in [4.78, 5) is 0. The van der Waals surface area contributed by atoms with Crippen molar-refractivity contribution in [2.24, 2.45) is 0 Å². The predicted octanol–water partition coefficient (Wildman–Crippen LogP) is 3.49. The summed E-state index contributed by atoms with van der Waals surface area (Å²) in [5, 5.41) is 4.51. The zero-order valence-electron chi connectivity index (χ0n) is 8.85. The van der Waals surface area contributed by atoms with Crippen molar-refractivity contribution in [1.29, 1.82) is 0 Å². The number of rotatable bonds is 2. The van der Waals surface area contributed by atoms with E-state index in [0.29, 0.717) is 17.1 Å². The van der Waals surface area contributed by atoms with Crippen molar-refractivity contribution < 1.29 is 13.2 Å². The van der Waals surface area contributed by atoms with Crippen molar-refractivity contribution in [2.75, 3.05) is 0 Å². The smallest absolute Gasteiger partial charge is 0.161 e. The van der Waals surface area contributed by atoms with Crippen LogP contribution >= 0.6 is 15.9 Å². The number of alkyl halides is 1. The van der Waals surface area contributed by atoms with E-state index in [4.69, 9.17) is 0 Å². The van der Waals surface area contributed by atoms with Crippen LogP contribution in [-0.2, 0) is 5.33 Å². The number of benzene rings is 1. The van der Waals surface area contributed by atoms with Gasteiger partial charge in [-0.3, -0.25) is 0 Å². The molecule has 0 aliphatic carbocycles. The molecule has 2 rings (SSSR count). The zero-order chi connectivity index (χ0) is 12.6. The molecule has 0 spiro atoms. The van der Waals surface area contributed by atoms with Crippen molar-refractivity contribution >= 4 is 15.9 Å². The monoisotopic (exact) mass is 304 g/mol. The Balaban J connectivity index is 2.60. The van der Waals surface area contributed by atoms with Gasteiger partial charge in [0.15, 0.2) is 17.5 Å².